The fourth-order valence-electron chi connectivity index (χ4n) is 2.45. The van der Waals surface area contributed by atoms with E-state index in [9.17, 15) is 4.79 Å². The van der Waals surface area contributed by atoms with E-state index in [0.29, 0.717) is 12.4 Å². The highest BCUT2D eigenvalue weighted by Gasteiger charge is 2.22. The molecule has 1 amide bonds. The summed E-state index contributed by atoms with van der Waals surface area (Å²) >= 11 is 0. The minimum absolute atomic E-state index is 0.0207. The third-order valence-corrected chi connectivity index (χ3v) is 3.51. The largest absolute Gasteiger partial charge is 0.493 e. The lowest BCUT2D eigenvalue weighted by atomic mass is 10.0. The van der Waals surface area contributed by atoms with Crippen molar-refractivity contribution in [3.05, 3.63) is 47.9 Å². The Kier molecular flexibility index (Phi) is 4.34. The number of hydrogen-bond acceptors (Lipinski definition) is 6. The number of nitrogens with one attached hydrogen (secondary N) is 2. The second kappa shape index (κ2) is 6.75. The van der Waals surface area contributed by atoms with Gasteiger partial charge in [0.25, 0.3) is 0 Å². The molecule has 2 N–H and O–H groups in total. The highest BCUT2D eigenvalue weighted by Crippen LogP contribution is 2.31. The number of para-hydroxylation sites is 1. The zero-order chi connectivity index (χ0) is 16.1. The van der Waals surface area contributed by atoms with Gasteiger partial charge >= 0.3 is 0 Å². The molecule has 0 bridgehead atoms. The van der Waals surface area contributed by atoms with Crippen LogP contribution in [0.5, 0.6) is 5.75 Å². The van der Waals surface area contributed by atoms with Gasteiger partial charge in [0.05, 0.1) is 19.2 Å². The summed E-state index contributed by atoms with van der Waals surface area (Å²) in [5, 5.41) is 14.8. The Labute approximate surface area is 133 Å². The van der Waals surface area contributed by atoms with Crippen LogP contribution in [-0.2, 0) is 4.79 Å². The molecule has 1 aliphatic heterocycles. The van der Waals surface area contributed by atoms with Crippen molar-refractivity contribution in [1.29, 1.82) is 5.26 Å². The van der Waals surface area contributed by atoms with Crippen LogP contribution in [0.4, 0.5) is 5.82 Å². The molecule has 0 fully saturated rings. The molecule has 3 rings (SSSR count). The molecule has 0 spiro atoms. The molecule has 7 nitrogen and oxygen atoms in total. The minimum Gasteiger partial charge on any atom is -0.493 e. The van der Waals surface area contributed by atoms with Crippen molar-refractivity contribution < 1.29 is 9.53 Å². The first-order valence-corrected chi connectivity index (χ1v) is 7.24. The maximum atomic E-state index is 12.1. The minimum atomic E-state index is -0.179. The zero-order valence-corrected chi connectivity index (χ0v) is 12.3. The van der Waals surface area contributed by atoms with E-state index < -0.39 is 0 Å². The monoisotopic (exact) mass is 309 g/mol. The number of ether oxygens (including phenoxy) is 1. The Morgan fingerprint density at radius 2 is 2.17 bits per heavy atom. The molecule has 1 aromatic heterocycles. The predicted octanol–water partition coefficient (Wildman–Crippen LogP) is 1.40. The summed E-state index contributed by atoms with van der Waals surface area (Å²) in [6, 6.07) is 9.52. The van der Waals surface area contributed by atoms with Gasteiger partial charge in [-0.25, -0.2) is 9.97 Å². The lowest BCUT2D eigenvalue weighted by Gasteiger charge is -2.26. The molecule has 1 atom stereocenters. The smallest absolute Gasteiger partial charge is 0.239 e. The van der Waals surface area contributed by atoms with Crippen LogP contribution in [0.2, 0.25) is 0 Å². The molecular formula is C16H15N5O2. The first kappa shape index (κ1) is 14.8. The van der Waals surface area contributed by atoms with Crippen LogP contribution in [-0.4, -0.2) is 29.0 Å². The average Bonchev–Trinajstić information content (AvgIpc) is 2.60. The molecule has 7 heteroatoms. The van der Waals surface area contributed by atoms with E-state index in [4.69, 9.17) is 10.00 Å². The van der Waals surface area contributed by atoms with Gasteiger partial charge in [-0.2, -0.15) is 5.26 Å². The molecule has 2 aromatic rings. The van der Waals surface area contributed by atoms with Crippen LogP contribution in [0, 0.1) is 11.3 Å². The second-order valence-electron chi connectivity index (χ2n) is 5.01. The lowest BCUT2D eigenvalue weighted by Crippen LogP contribution is -2.36. The number of rotatable bonds is 4. The van der Waals surface area contributed by atoms with E-state index in [1.165, 1.54) is 12.4 Å². The molecule has 0 aliphatic carbocycles. The average molecular weight is 309 g/mol. The van der Waals surface area contributed by atoms with E-state index in [-0.39, 0.29) is 24.2 Å². The highest BCUT2D eigenvalue weighted by molar-refractivity contribution is 5.81. The summed E-state index contributed by atoms with van der Waals surface area (Å²) in [4.78, 5) is 20.0. The summed E-state index contributed by atoms with van der Waals surface area (Å²) in [7, 11) is 0. The number of benzene rings is 1. The molecular weight excluding hydrogens is 294 g/mol. The number of anilines is 1. The van der Waals surface area contributed by atoms with Crippen molar-refractivity contribution in [3.63, 3.8) is 0 Å². The Hall–Kier alpha value is -3.14. The number of carbonyl (C=O) groups is 1. The van der Waals surface area contributed by atoms with Gasteiger partial charge < -0.3 is 15.4 Å². The number of carbonyl (C=O) groups excluding carboxylic acids is 1. The zero-order valence-electron chi connectivity index (χ0n) is 12.3. The second-order valence-corrected chi connectivity index (χ2v) is 5.01. The van der Waals surface area contributed by atoms with Crippen LogP contribution >= 0.6 is 0 Å². The van der Waals surface area contributed by atoms with Crippen LogP contribution in [0.25, 0.3) is 0 Å². The molecule has 23 heavy (non-hydrogen) atoms. The standard InChI is InChI=1S/C16H15N5O2/c17-9-13-16(19-7-6-18-13)20-10-15(22)21-12-5-8-23-14-4-2-1-3-11(12)14/h1-4,6-7,12H,5,8,10H2,(H,19,20)(H,21,22). The van der Waals surface area contributed by atoms with Crippen molar-refractivity contribution in [2.24, 2.45) is 0 Å². The third-order valence-electron chi connectivity index (χ3n) is 3.51. The van der Waals surface area contributed by atoms with E-state index in [2.05, 4.69) is 20.6 Å². The SMILES string of the molecule is N#Cc1nccnc1NCC(=O)NC1CCOc2ccccc21. The quantitative estimate of drug-likeness (QED) is 0.885. The van der Waals surface area contributed by atoms with E-state index in [0.717, 1.165) is 17.7 Å². The molecule has 1 aliphatic rings. The molecule has 2 heterocycles. The summed E-state index contributed by atoms with van der Waals surface area (Å²) in [5.74, 6) is 0.927. The Morgan fingerprint density at radius 1 is 1.35 bits per heavy atom. The lowest BCUT2D eigenvalue weighted by molar-refractivity contribution is -0.120. The predicted molar refractivity (Wildman–Crippen MR) is 82.7 cm³/mol. The Morgan fingerprint density at radius 3 is 3.04 bits per heavy atom. The number of hydrogen-bond donors (Lipinski definition) is 2. The molecule has 0 saturated heterocycles. The summed E-state index contributed by atoms with van der Waals surface area (Å²) in [6.45, 7) is 0.588. The van der Waals surface area contributed by atoms with Crippen LogP contribution < -0.4 is 15.4 Å². The fourth-order valence-corrected chi connectivity index (χ4v) is 2.45. The van der Waals surface area contributed by atoms with Crippen molar-refractivity contribution in [3.8, 4) is 11.8 Å². The van der Waals surface area contributed by atoms with Gasteiger partial charge in [0.15, 0.2) is 11.5 Å². The van der Waals surface area contributed by atoms with Crippen LogP contribution in [0.15, 0.2) is 36.7 Å². The maximum Gasteiger partial charge on any atom is 0.239 e. The molecule has 1 unspecified atom stereocenters. The number of fused-ring (bicyclic) bond motifs is 1. The summed E-state index contributed by atoms with van der Waals surface area (Å²) < 4.78 is 5.57. The molecule has 0 saturated carbocycles. The topological polar surface area (TPSA) is 99.9 Å². The Balaban J connectivity index is 1.62. The third kappa shape index (κ3) is 3.37. The number of nitriles is 1. The first-order chi connectivity index (χ1) is 11.3. The van der Waals surface area contributed by atoms with Crippen LogP contribution in [0.1, 0.15) is 23.7 Å². The van der Waals surface area contributed by atoms with E-state index in [1.54, 1.807) is 0 Å². The van der Waals surface area contributed by atoms with Crippen molar-refractivity contribution in [2.45, 2.75) is 12.5 Å². The van der Waals surface area contributed by atoms with Gasteiger partial charge in [0.2, 0.25) is 5.91 Å². The van der Waals surface area contributed by atoms with Crippen molar-refractivity contribution in [2.75, 3.05) is 18.5 Å². The summed E-state index contributed by atoms with van der Waals surface area (Å²) in [6.07, 6.45) is 3.62. The first-order valence-electron chi connectivity index (χ1n) is 7.24. The van der Waals surface area contributed by atoms with Gasteiger partial charge in [0, 0.05) is 24.4 Å². The van der Waals surface area contributed by atoms with E-state index >= 15 is 0 Å². The van der Waals surface area contributed by atoms with E-state index in [1.807, 2.05) is 30.3 Å². The van der Waals surface area contributed by atoms with Gasteiger partial charge in [-0.15, -0.1) is 0 Å². The molecule has 0 radical (unpaired) electrons. The molecule has 1 aromatic carbocycles. The van der Waals surface area contributed by atoms with Gasteiger partial charge in [0.1, 0.15) is 11.8 Å². The number of nitrogens with zero attached hydrogens (tertiary/aromatic N) is 3. The van der Waals surface area contributed by atoms with Crippen molar-refractivity contribution >= 4 is 11.7 Å². The highest BCUT2D eigenvalue weighted by atomic mass is 16.5. The van der Waals surface area contributed by atoms with Gasteiger partial charge in [-0.05, 0) is 6.07 Å². The van der Waals surface area contributed by atoms with Gasteiger partial charge in [-0.1, -0.05) is 18.2 Å². The number of aromatic nitrogens is 2. The summed E-state index contributed by atoms with van der Waals surface area (Å²) in [5.41, 5.74) is 1.14. The Bertz CT molecular complexity index is 756. The maximum absolute atomic E-state index is 12.1. The fraction of sp³-hybridized carbons (Fsp3) is 0.250. The normalized spacial score (nSPS) is 15.7. The number of amides is 1. The van der Waals surface area contributed by atoms with Gasteiger partial charge in [-0.3, -0.25) is 4.79 Å². The molecule has 116 valence electrons. The van der Waals surface area contributed by atoms with Crippen LogP contribution in [0.3, 0.4) is 0 Å². The van der Waals surface area contributed by atoms with Crippen molar-refractivity contribution in [1.82, 2.24) is 15.3 Å².